The molecule has 0 saturated carbocycles. The molecule has 0 saturated heterocycles. The van der Waals surface area contributed by atoms with E-state index in [1.807, 2.05) is 19.1 Å². The van der Waals surface area contributed by atoms with E-state index in [9.17, 15) is 18.0 Å². The van der Waals surface area contributed by atoms with Crippen molar-refractivity contribution in [2.24, 2.45) is 0 Å². The molecule has 0 atom stereocenters. The van der Waals surface area contributed by atoms with Crippen molar-refractivity contribution in [3.05, 3.63) is 28.8 Å². The normalized spacial score (nSPS) is 11.3. The number of hydrogen-bond donors (Lipinski definition) is 2. The van der Waals surface area contributed by atoms with E-state index >= 15 is 0 Å². The zero-order valence-corrected chi connectivity index (χ0v) is 15.8. The van der Waals surface area contributed by atoms with Gasteiger partial charge in [-0.3, -0.25) is 0 Å². The topological polar surface area (TPSA) is 76.1 Å². The first-order valence-corrected chi connectivity index (χ1v) is 9.38. The van der Waals surface area contributed by atoms with Crippen molar-refractivity contribution in [3.8, 4) is 0 Å². The molecule has 2 rings (SSSR count). The number of alkyl carbamates (subject to hydrolysis) is 1. The molecule has 0 radical (unpaired) electrons. The molecule has 0 aliphatic rings. The van der Waals surface area contributed by atoms with Gasteiger partial charge in [-0.15, -0.1) is 10.2 Å². The molecule has 0 aliphatic carbocycles. The molecule has 6 nitrogen and oxygen atoms in total. The summed E-state index contributed by atoms with van der Waals surface area (Å²) in [4.78, 5) is 11.1. The zero-order chi connectivity index (χ0) is 19.2. The van der Waals surface area contributed by atoms with Gasteiger partial charge in [0.1, 0.15) is 0 Å². The number of alkyl halides is 3. The Kier molecular flexibility index (Phi) is 7.35. The highest BCUT2D eigenvalue weighted by Gasteiger charge is 2.29. The van der Waals surface area contributed by atoms with Crippen molar-refractivity contribution in [3.63, 3.8) is 0 Å². The lowest BCUT2D eigenvalue weighted by Crippen LogP contribution is -2.30. The average Bonchev–Trinajstić information content (AvgIpc) is 3.01. The predicted octanol–water partition coefficient (Wildman–Crippen LogP) is 4.62. The highest BCUT2D eigenvalue weighted by Crippen LogP contribution is 2.30. The molecule has 26 heavy (non-hydrogen) atoms. The van der Waals surface area contributed by atoms with Crippen LogP contribution in [0, 0.1) is 6.92 Å². The van der Waals surface area contributed by atoms with Gasteiger partial charge in [-0.05, 0) is 24.6 Å². The Morgan fingerprint density at radius 1 is 1.38 bits per heavy atom. The lowest BCUT2D eigenvalue weighted by molar-refractivity contribution is -0.160. The largest absolute Gasteiger partial charge is 0.440 e. The number of ether oxygens (including phenoxy) is 1. The number of halogens is 4. The Morgan fingerprint density at radius 2 is 2.15 bits per heavy atom. The van der Waals surface area contributed by atoms with Crippen molar-refractivity contribution >= 4 is 51.6 Å². The summed E-state index contributed by atoms with van der Waals surface area (Å²) in [6.07, 6.45) is -5.65. The maximum Gasteiger partial charge on any atom is 0.422 e. The van der Waals surface area contributed by atoms with Crippen LogP contribution in [0.15, 0.2) is 22.5 Å². The maximum absolute atomic E-state index is 11.9. The first-order chi connectivity index (χ1) is 12.2. The van der Waals surface area contributed by atoms with Gasteiger partial charge in [0.05, 0.1) is 0 Å². The lowest BCUT2D eigenvalue weighted by atomic mass is 10.2. The Bertz CT molecular complexity index is 758. The monoisotopic (exact) mass is 426 g/mol. The second kappa shape index (κ2) is 9.28. The molecule has 1 aromatic carbocycles. The molecule has 0 unspecified atom stereocenters. The van der Waals surface area contributed by atoms with Crippen molar-refractivity contribution < 1.29 is 22.7 Å². The summed E-state index contributed by atoms with van der Waals surface area (Å²) < 4.78 is 40.4. The second-order valence-electron chi connectivity index (χ2n) is 4.88. The summed E-state index contributed by atoms with van der Waals surface area (Å²) in [5.74, 6) is 0.409. The molecule has 0 aliphatic heterocycles. The highest BCUT2D eigenvalue weighted by atomic mass is 35.5. The van der Waals surface area contributed by atoms with E-state index in [0.717, 1.165) is 11.3 Å². The van der Waals surface area contributed by atoms with Crippen LogP contribution in [0.2, 0.25) is 5.02 Å². The van der Waals surface area contributed by atoms with E-state index < -0.39 is 18.9 Å². The van der Waals surface area contributed by atoms with Crippen molar-refractivity contribution in [1.29, 1.82) is 0 Å². The average molecular weight is 427 g/mol. The quantitative estimate of drug-likeness (QED) is 0.497. The smallest absolute Gasteiger partial charge is 0.422 e. The van der Waals surface area contributed by atoms with E-state index in [1.54, 1.807) is 6.07 Å². The fourth-order valence-electron chi connectivity index (χ4n) is 1.67. The molecule has 0 fully saturated rings. The standard InChI is InChI=1S/C14H14ClF3N4O2S2/c1-8-9(15)3-2-4-10(8)20-11-21-22-13(26-11)25-6-5-19-12(23)24-7-14(16,17)18/h2-4H,5-7H2,1H3,(H,19,23)(H,20,21). The number of carbonyl (C=O) groups excluding carboxylic acids is 1. The minimum absolute atomic E-state index is 0.136. The fourth-order valence-corrected chi connectivity index (χ4v) is 3.53. The fraction of sp³-hybridized carbons (Fsp3) is 0.357. The van der Waals surface area contributed by atoms with Crippen LogP contribution in [0.25, 0.3) is 0 Å². The maximum atomic E-state index is 11.9. The van der Waals surface area contributed by atoms with Gasteiger partial charge in [0.15, 0.2) is 10.9 Å². The molecular formula is C14H14ClF3N4O2S2. The van der Waals surface area contributed by atoms with Crippen molar-refractivity contribution in [2.75, 3.05) is 24.2 Å². The van der Waals surface area contributed by atoms with Gasteiger partial charge in [-0.2, -0.15) is 13.2 Å². The molecule has 1 aromatic heterocycles. The van der Waals surface area contributed by atoms with Gasteiger partial charge in [-0.1, -0.05) is 40.8 Å². The molecule has 0 spiro atoms. The van der Waals surface area contributed by atoms with Crippen LogP contribution in [0.1, 0.15) is 5.56 Å². The first kappa shape index (κ1) is 20.6. The molecule has 142 valence electrons. The summed E-state index contributed by atoms with van der Waals surface area (Å²) in [5.41, 5.74) is 1.71. The molecule has 12 heteroatoms. The van der Waals surface area contributed by atoms with E-state index in [1.165, 1.54) is 23.1 Å². The molecule has 2 aromatic rings. The zero-order valence-electron chi connectivity index (χ0n) is 13.4. The highest BCUT2D eigenvalue weighted by molar-refractivity contribution is 8.01. The van der Waals surface area contributed by atoms with Gasteiger partial charge >= 0.3 is 12.3 Å². The van der Waals surface area contributed by atoms with Gasteiger partial charge in [0.25, 0.3) is 0 Å². The Morgan fingerprint density at radius 3 is 2.88 bits per heavy atom. The van der Waals surface area contributed by atoms with Crippen LogP contribution in [-0.2, 0) is 4.74 Å². The van der Waals surface area contributed by atoms with E-state index in [4.69, 9.17) is 11.6 Å². The van der Waals surface area contributed by atoms with Crippen LogP contribution in [0.5, 0.6) is 0 Å². The van der Waals surface area contributed by atoms with Gasteiger partial charge < -0.3 is 15.4 Å². The van der Waals surface area contributed by atoms with Crippen molar-refractivity contribution in [2.45, 2.75) is 17.4 Å². The summed E-state index contributed by atoms with van der Waals surface area (Å²) in [6, 6.07) is 5.47. The summed E-state index contributed by atoms with van der Waals surface area (Å²) in [6.45, 7) is 0.405. The summed E-state index contributed by atoms with van der Waals surface area (Å²) in [7, 11) is 0. The molecular weight excluding hydrogens is 413 g/mol. The number of benzene rings is 1. The third-order valence-electron chi connectivity index (χ3n) is 2.88. The number of nitrogens with zero attached hydrogens (tertiary/aromatic N) is 2. The van der Waals surface area contributed by atoms with Gasteiger partial charge in [-0.25, -0.2) is 4.79 Å². The number of thioether (sulfide) groups is 1. The number of carbonyl (C=O) groups is 1. The van der Waals surface area contributed by atoms with Gasteiger partial charge in [0.2, 0.25) is 5.13 Å². The van der Waals surface area contributed by atoms with Crippen molar-refractivity contribution in [1.82, 2.24) is 15.5 Å². The number of amides is 1. The van der Waals surface area contributed by atoms with E-state index in [-0.39, 0.29) is 6.54 Å². The minimum atomic E-state index is -4.54. The van der Waals surface area contributed by atoms with Crippen LogP contribution in [0.4, 0.5) is 28.8 Å². The lowest BCUT2D eigenvalue weighted by Gasteiger charge is -2.08. The summed E-state index contributed by atoms with van der Waals surface area (Å²) in [5, 5.41) is 14.6. The number of nitrogens with one attached hydrogen (secondary N) is 2. The SMILES string of the molecule is Cc1c(Cl)cccc1Nc1nnc(SCCNC(=O)OCC(F)(F)F)s1. The van der Waals surface area contributed by atoms with Crippen LogP contribution in [-0.4, -0.2) is 41.4 Å². The second-order valence-corrected chi connectivity index (χ2v) is 7.60. The van der Waals surface area contributed by atoms with Crippen LogP contribution in [0.3, 0.4) is 0 Å². The predicted molar refractivity (Wildman–Crippen MR) is 95.5 cm³/mol. The third kappa shape index (κ3) is 6.89. The molecule has 0 bridgehead atoms. The van der Waals surface area contributed by atoms with E-state index in [2.05, 4.69) is 25.6 Å². The third-order valence-corrected chi connectivity index (χ3v) is 5.26. The van der Waals surface area contributed by atoms with Crippen LogP contribution < -0.4 is 10.6 Å². The van der Waals surface area contributed by atoms with E-state index in [0.29, 0.717) is 20.2 Å². The number of rotatable bonds is 7. The first-order valence-electron chi connectivity index (χ1n) is 7.20. The number of aromatic nitrogens is 2. The Hall–Kier alpha value is -1.72. The Labute approximate surface area is 160 Å². The molecule has 1 amide bonds. The minimum Gasteiger partial charge on any atom is -0.440 e. The number of anilines is 2. The molecule has 1 heterocycles. The Balaban J connectivity index is 1.73. The van der Waals surface area contributed by atoms with Gasteiger partial charge in [0, 0.05) is 23.0 Å². The summed E-state index contributed by atoms with van der Waals surface area (Å²) >= 11 is 8.68. The number of hydrogen-bond acceptors (Lipinski definition) is 7. The molecule has 2 N–H and O–H groups in total. The van der Waals surface area contributed by atoms with Crippen LogP contribution >= 0.6 is 34.7 Å².